The number of nitrogens with zero attached hydrogens (tertiary/aromatic N) is 1. The number of aryl methyl sites for hydroxylation is 1. The Labute approximate surface area is 225 Å². The Kier molecular flexibility index (Phi) is 12.8. The van der Waals surface area contributed by atoms with E-state index in [1.807, 2.05) is 20.8 Å². The molecule has 0 saturated heterocycles. The van der Waals surface area contributed by atoms with E-state index in [0.717, 1.165) is 49.4 Å². The van der Waals surface area contributed by atoms with Crippen LogP contribution in [0.3, 0.4) is 0 Å². The van der Waals surface area contributed by atoms with Gasteiger partial charge in [0.25, 0.3) is 11.8 Å². The fourth-order valence-corrected chi connectivity index (χ4v) is 4.61. The van der Waals surface area contributed by atoms with Crippen molar-refractivity contribution in [2.75, 3.05) is 13.1 Å². The molecular weight excluding hydrogens is 490 g/mol. The second kappa shape index (κ2) is 15.5. The van der Waals surface area contributed by atoms with Crippen LogP contribution in [0.2, 0.25) is 0 Å². The maximum absolute atomic E-state index is 13.8. The van der Waals surface area contributed by atoms with Crippen molar-refractivity contribution in [3.63, 3.8) is 0 Å². The molecule has 2 rings (SSSR count). The standard InChI is InChI=1S/C30H42F2N2O4/c1-5-8-9-10-27(35)28(36)26(17-21-15-24(31)19-25(32)16-21)33-29(37)22-13-20(4)14-23(18-22)30(38)34(11-6-2)12-7-3/h13-16,18-19,26-28,35-36H,5-12,17H2,1-4H3,(H,33,37). The molecule has 0 aromatic heterocycles. The first-order chi connectivity index (χ1) is 18.1. The van der Waals surface area contributed by atoms with Gasteiger partial charge in [0, 0.05) is 30.3 Å². The minimum atomic E-state index is -1.36. The quantitative estimate of drug-likeness (QED) is 0.276. The van der Waals surface area contributed by atoms with Crippen molar-refractivity contribution >= 4 is 11.8 Å². The van der Waals surface area contributed by atoms with Crippen LogP contribution < -0.4 is 5.32 Å². The molecule has 0 heterocycles. The fourth-order valence-electron chi connectivity index (χ4n) is 4.61. The van der Waals surface area contributed by atoms with Gasteiger partial charge in [-0.15, -0.1) is 0 Å². The Morgan fingerprint density at radius 1 is 0.868 bits per heavy atom. The van der Waals surface area contributed by atoms with E-state index in [4.69, 9.17) is 0 Å². The van der Waals surface area contributed by atoms with Gasteiger partial charge in [-0.1, -0.05) is 40.0 Å². The summed E-state index contributed by atoms with van der Waals surface area (Å²) in [5.74, 6) is -2.26. The van der Waals surface area contributed by atoms with E-state index in [0.29, 0.717) is 31.5 Å². The molecule has 8 heteroatoms. The van der Waals surface area contributed by atoms with E-state index in [1.54, 1.807) is 24.0 Å². The molecule has 0 radical (unpaired) electrons. The minimum Gasteiger partial charge on any atom is -0.390 e. The molecular formula is C30H42F2N2O4. The average molecular weight is 533 g/mol. The highest BCUT2D eigenvalue weighted by molar-refractivity contribution is 6.00. The summed E-state index contributed by atoms with van der Waals surface area (Å²) < 4.78 is 27.7. The van der Waals surface area contributed by atoms with Gasteiger partial charge in [-0.3, -0.25) is 9.59 Å². The van der Waals surface area contributed by atoms with Crippen molar-refractivity contribution in [2.45, 2.75) is 90.9 Å². The summed E-state index contributed by atoms with van der Waals surface area (Å²) in [7, 11) is 0. The van der Waals surface area contributed by atoms with E-state index < -0.39 is 35.8 Å². The van der Waals surface area contributed by atoms with Gasteiger partial charge in [0.15, 0.2) is 0 Å². The number of unbranched alkanes of at least 4 members (excludes halogenated alkanes) is 2. The Morgan fingerprint density at radius 3 is 2.05 bits per heavy atom. The molecule has 2 amide bonds. The molecule has 6 nitrogen and oxygen atoms in total. The van der Waals surface area contributed by atoms with E-state index >= 15 is 0 Å². The summed E-state index contributed by atoms with van der Waals surface area (Å²) in [4.78, 5) is 28.2. The third-order valence-electron chi connectivity index (χ3n) is 6.47. The largest absolute Gasteiger partial charge is 0.390 e. The second-order valence-electron chi connectivity index (χ2n) is 10.00. The molecule has 0 aliphatic carbocycles. The molecule has 0 fully saturated rings. The molecule has 3 N–H and O–H groups in total. The number of aliphatic hydroxyl groups excluding tert-OH is 2. The SMILES string of the molecule is CCCCCC(O)C(O)C(Cc1cc(F)cc(F)c1)NC(=O)c1cc(C)cc(C(=O)N(CCC)CCC)c1. The Morgan fingerprint density at radius 2 is 1.47 bits per heavy atom. The Hall–Kier alpha value is -2.84. The van der Waals surface area contributed by atoms with Gasteiger partial charge in [0.05, 0.1) is 12.1 Å². The highest BCUT2D eigenvalue weighted by Gasteiger charge is 2.29. The van der Waals surface area contributed by atoms with Crippen LogP contribution in [0.4, 0.5) is 8.78 Å². The molecule has 38 heavy (non-hydrogen) atoms. The maximum Gasteiger partial charge on any atom is 0.253 e. The summed E-state index contributed by atoms with van der Waals surface area (Å²) in [6, 6.07) is 6.90. The minimum absolute atomic E-state index is 0.0925. The lowest BCUT2D eigenvalue weighted by atomic mass is 9.94. The number of carbonyl (C=O) groups is 2. The van der Waals surface area contributed by atoms with Crippen molar-refractivity contribution in [2.24, 2.45) is 0 Å². The summed E-state index contributed by atoms with van der Waals surface area (Å²) in [5.41, 5.74) is 1.57. The predicted molar refractivity (Wildman–Crippen MR) is 145 cm³/mol. The smallest absolute Gasteiger partial charge is 0.253 e. The molecule has 3 atom stereocenters. The van der Waals surface area contributed by atoms with E-state index in [2.05, 4.69) is 5.32 Å². The summed E-state index contributed by atoms with van der Waals surface area (Å²) in [5, 5.41) is 24.3. The third-order valence-corrected chi connectivity index (χ3v) is 6.47. The number of aliphatic hydroxyl groups is 2. The van der Waals surface area contributed by atoms with E-state index in [1.165, 1.54) is 6.07 Å². The van der Waals surface area contributed by atoms with Gasteiger partial charge in [0.2, 0.25) is 0 Å². The number of rotatable bonds is 15. The summed E-state index contributed by atoms with van der Waals surface area (Å²) >= 11 is 0. The van der Waals surface area contributed by atoms with Crippen molar-refractivity contribution in [3.8, 4) is 0 Å². The lowest BCUT2D eigenvalue weighted by Crippen LogP contribution is -2.50. The molecule has 0 aliphatic heterocycles. The number of halogens is 2. The van der Waals surface area contributed by atoms with Gasteiger partial charge < -0.3 is 20.4 Å². The van der Waals surface area contributed by atoms with E-state index in [-0.39, 0.29) is 23.5 Å². The lowest BCUT2D eigenvalue weighted by molar-refractivity contribution is -0.00832. The Balaban J connectivity index is 2.33. The topological polar surface area (TPSA) is 89.9 Å². The molecule has 2 aromatic rings. The first-order valence-electron chi connectivity index (χ1n) is 13.6. The van der Waals surface area contributed by atoms with Gasteiger partial charge in [-0.25, -0.2) is 8.78 Å². The van der Waals surface area contributed by atoms with Crippen molar-refractivity contribution in [1.82, 2.24) is 10.2 Å². The average Bonchev–Trinajstić information content (AvgIpc) is 2.86. The predicted octanol–water partition coefficient (Wildman–Crippen LogP) is 5.18. The van der Waals surface area contributed by atoms with Gasteiger partial charge >= 0.3 is 0 Å². The number of hydrogen-bond acceptors (Lipinski definition) is 4. The number of amides is 2. The van der Waals surface area contributed by atoms with Crippen molar-refractivity contribution in [3.05, 3.63) is 70.3 Å². The normalized spacial score (nSPS) is 13.6. The van der Waals surface area contributed by atoms with Crippen LogP contribution in [0.25, 0.3) is 0 Å². The highest BCUT2D eigenvalue weighted by Crippen LogP contribution is 2.18. The van der Waals surface area contributed by atoms with Crippen molar-refractivity contribution < 1.29 is 28.6 Å². The van der Waals surface area contributed by atoms with Crippen LogP contribution in [0.15, 0.2) is 36.4 Å². The van der Waals surface area contributed by atoms with Crippen LogP contribution in [-0.2, 0) is 6.42 Å². The molecule has 0 aliphatic rings. The van der Waals surface area contributed by atoms with Crippen LogP contribution in [0.5, 0.6) is 0 Å². The zero-order valence-corrected chi connectivity index (χ0v) is 23.0. The van der Waals surface area contributed by atoms with Gasteiger partial charge in [-0.2, -0.15) is 0 Å². The number of benzene rings is 2. The molecule has 3 unspecified atom stereocenters. The van der Waals surface area contributed by atoms with E-state index in [9.17, 15) is 28.6 Å². The van der Waals surface area contributed by atoms with Crippen molar-refractivity contribution in [1.29, 1.82) is 0 Å². The monoisotopic (exact) mass is 532 g/mol. The van der Waals surface area contributed by atoms with Crippen LogP contribution in [0, 0.1) is 18.6 Å². The third kappa shape index (κ3) is 9.48. The molecule has 0 spiro atoms. The molecule has 0 saturated carbocycles. The molecule has 2 aromatic carbocycles. The van der Waals surface area contributed by atoms with Gasteiger partial charge in [-0.05, 0) is 74.1 Å². The highest BCUT2D eigenvalue weighted by atomic mass is 19.1. The zero-order chi connectivity index (χ0) is 28.2. The summed E-state index contributed by atoms with van der Waals surface area (Å²) in [6.07, 6.45) is 1.87. The van der Waals surface area contributed by atoms with Crippen LogP contribution >= 0.6 is 0 Å². The zero-order valence-electron chi connectivity index (χ0n) is 23.0. The molecule has 0 bridgehead atoms. The first kappa shape index (κ1) is 31.4. The molecule has 210 valence electrons. The van der Waals surface area contributed by atoms with Crippen LogP contribution in [-0.4, -0.2) is 58.3 Å². The number of carbonyl (C=O) groups excluding carboxylic acids is 2. The number of nitrogens with one attached hydrogen (secondary N) is 1. The lowest BCUT2D eigenvalue weighted by Gasteiger charge is -2.28. The maximum atomic E-state index is 13.8. The van der Waals surface area contributed by atoms with Gasteiger partial charge in [0.1, 0.15) is 17.7 Å². The van der Waals surface area contributed by atoms with Crippen LogP contribution in [0.1, 0.15) is 91.1 Å². The number of hydrogen-bond donors (Lipinski definition) is 3. The fraction of sp³-hybridized carbons (Fsp3) is 0.533. The summed E-state index contributed by atoms with van der Waals surface area (Å²) in [6.45, 7) is 9.02. The second-order valence-corrected chi connectivity index (χ2v) is 10.00. The Bertz CT molecular complexity index is 1040. The first-order valence-corrected chi connectivity index (χ1v) is 13.6.